The third-order valence-corrected chi connectivity index (χ3v) is 5.62. The molecule has 146 valence electrons. The van der Waals surface area contributed by atoms with Gasteiger partial charge in [0.15, 0.2) is 5.65 Å². The van der Waals surface area contributed by atoms with Crippen LogP contribution in [0.15, 0.2) is 59.1 Å². The van der Waals surface area contributed by atoms with E-state index in [9.17, 15) is 9.59 Å². The first-order valence-electron chi connectivity index (χ1n) is 8.65. The van der Waals surface area contributed by atoms with E-state index in [1.165, 1.54) is 18.7 Å². The number of hydrogen-bond donors (Lipinski definition) is 2. The van der Waals surface area contributed by atoms with Crippen LogP contribution >= 0.6 is 23.1 Å². The standard InChI is InChI=1S/C19H16N6O2S2/c1-12(26)20-13-4-2-5-14(10-13)21-18(27)11-29-19-23-22-17-8-7-15(24-25(17)19)16-6-3-9-28-16/h2-10H,11H2,1H3,(H,20,26)(H,21,27). The monoisotopic (exact) mass is 424 g/mol. The minimum atomic E-state index is -0.193. The van der Waals surface area contributed by atoms with E-state index >= 15 is 0 Å². The normalized spacial score (nSPS) is 10.8. The number of rotatable bonds is 6. The first kappa shape index (κ1) is 19.1. The molecule has 2 amide bonds. The van der Waals surface area contributed by atoms with Gasteiger partial charge >= 0.3 is 0 Å². The first-order valence-corrected chi connectivity index (χ1v) is 10.5. The molecule has 0 saturated heterocycles. The van der Waals surface area contributed by atoms with Gasteiger partial charge in [-0.25, -0.2) is 0 Å². The summed E-state index contributed by atoms with van der Waals surface area (Å²) in [6, 6.07) is 14.7. The molecular formula is C19H16N6O2S2. The van der Waals surface area contributed by atoms with Gasteiger partial charge in [-0.1, -0.05) is 23.9 Å². The van der Waals surface area contributed by atoms with E-state index in [0.29, 0.717) is 22.2 Å². The molecule has 0 aliphatic heterocycles. The maximum absolute atomic E-state index is 12.3. The molecule has 10 heteroatoms. The van der Waals surface area contributed by atoms with Gasteiger partial charge < -0.3 is 10.6 Å². The molecule has 0 radical (unpaired) electrons. The van der Waals surface area contributed by atoms with Crippen molar-refractivity contribution in [3.8, 4) is 10.6 Å². The largest absolute Gasteiger partial charge is 0.326 e. The highest BCUT2D eigenvalue weighted by Gasteiger charge is 2.12. The number of nitrogens with one attached hydrogen (secondary N) is 2. The van der Waals surface area contributed by atoms with Crippen molar-refractivity contribution in [2.75, 3.05) is 16.4 Å². The molecule has 4 aromatic rings. The van der Waals surface area contributed by atoms with E-state index in [-0.39, 0.29) is 17.6 Å². The van der Waals surface area contributed by atoms with Crippen LogP contribution in [0.1, 0.15) is 6.92 Å². The number of nitrogens with zero attached hydrogens (tertiary/aromatic N) is 4. The highest BCUT2D eigenvalue weighted by molar-refractivity contribution is 7.99. The number of amides is 2. The van der Waals surface area contributed by atoms with Crippen LogP contribution in [0.5, 0.6) is 0 Å². The summed E-state index contributed by atoms with van der Waals surface area (Å²) in [5, 5.41) is 20.9. The molecule has 1 aromatic carbocycles. The van der Waals surface area contributed by atoms with E-state index in [1.54, 1.807) is 40.1 Å². The lowest BCUT2D eigenvalue weighted by Crippen LogP contribution is -2.15. The summed E-state index contributed by atoms with van der Waals surface area (Å²) in [4.78, 5) is 24.5. The Balaban J connectivity index is 1.43. The van der Waals surface area contributed by atoms with Gasteiger partial charge in [0.1, 0.15) is 5.69 Å². The predicted molar refractivity (Wildman–Crippen MR) is 114 cm³/mol. The molecule has 8 nitrogen and oxygen atoms in total. The Kier molecular flexibility index (Phi) is 5.54. The Labute approximate surface area is 174 Å². The Hall–Kier alpha value is -3.24. The van der Waals surface area contributed by atoms with Gasteiger partial charge in [0.2, 0.25) is 17.0 Å². The van der Waals surface area contributed by atoms with Crippen molar-refractivity contribution in [2.24, 2.45) is 0 Å². The summed E-state index contributed by atoms with van der Waals surface area (Å²) < 4.78 is 1.64. The molecule has 0 atom stereocenters. The van der Waals surface area contributed by atoms with E-state index in [2.05, 4.69) is 25.9 Å². The van der Waals surface area contributed by atoms with E-state index in [4.69, 9.17) is 0 Å². The number of thiophene rings is 1. The lowest BCUT2D eigenvalue weighted by molar-refractivity contribution is -0.114. The summed E-state index contributed by atoms with van der Waals surface area (Å²) in [6.07, 6.45) is 0. The van der Waals surface area contributed by atoms with Crippen LogP contribution < -0.4 is 10.6 Å². The number of aromatic nitrogens is 4. The van der Waals surface area contributed by atoms with Crippen molar-refractivity contribution < 1.29 is 9.59 Å². The van der Waals surface area contributed by atoms with Gasteiger partial charge in [-0.3, -0.25) is 9.59 Å². The second-order valence-electron chi connectivity index (χ2n) is 6.05. The molecule has 2 N–H and O–H groups in total. The van der Waals surface area contributed by atoms with Gasteiger partial charge in [0, 0.05) is 18.3 Å². The average Bonchev–Trinajstić information content (AvgIpc) is 3.36. The van der Waals surface area contributed by atoms with Crippen molar-refractivity contribution in [2.45, 2.75) is 12.1 Å². The zero-order valence-electron chi connectivity index (χ0n) is 15.3. The molecular weight excluding hydrogens is 408 g/mol. The summed E-state index contributed by atoms with van der Waals surface area (Å²) in [6.45, 7) is 1.43. The molecule has 0 bridgehead atoms. The summed E-state index contributed by atoms with van der Waals surface area (Å²) in [7, 11) is 0. The fourth-order valence-corrected chi connectivity index (χ4v) is 4.00. The minimum absolute atomic E-state index is 0.149. The zero-order chi connectivity index (χ0) is 20.2. The highest BCUT2D eigenvalue weighted by atomic mass is 32.2. The van der Waals surface area contributed by atoms with Crippen molar-refractivity contribution in [1.29, 1.82) is 0 Å². The third kappa shape index (κ3) is 4.61. The van der Waals surface area contributed by atoms with Crippen LogP contribution in [0.2, 0.25) is 0 Å². The van der Waals surface area contributed by atoms with Crippen LogP contribution in [-0.2, 0) is 9.59 Å². The lowest BCUT2D eigenvalue weighted by atomic mass is 10.2. The van der Waals surface area contributed by atoms with E-state index in [1.807, 2.05) is 29.6 Å². The first-order chi connectivity index (χ1) is 14.1. The maximum atomic E-state index is 12.3. The molecule has 3 aromatic heterocycles. The average molecular weight is 425 g/mol. The summed E-state index contributed by atoms with van der Waals surface area (Å²) in [5.74, 6) is -0.214. The predicted octanol–water partition coefficient (Wildman–Crippen LogP) is 3.54. The van der Waals surface area contributed by atoms with Gasteiger partial charge in [-0.15, -0.1) is 21.5 Å². The molecule has 4 rings (SSSR count). The van der Waals surface area contributed by atoms with Crippen molar-refractivity contribution in [1.82, 2.24) is 19.8 Å². The lowest BCUT2D eigenvalue weighted by Gasteiger charge is -2.07. The van der Waals surface area contributed by atoms with Crippen LogP contribution in [0.4, 0.5) is 11.4 Å². The van der Waals surface area contributed by atoms with Crippen LogP contribution in [-0.4, -0.2) is 37.4 Å². The second-order valence-corrected chi connectivity index (χ2v) is 7.94. The molecule has 3 heterocycles. The smallest absolute Gasteiger partial charge is 0.234 e. The van der Waals surface area contributed by atoms with Gasteiger partial charge in [-0.2, -0.15) is 9.61 Å². The minimum Gasteiger partial charge on any atom is -0.326 e. The molecule has 0 aliphatic rings. The fourth-order valence-electron chi connectivity index (χ4n) is 2.62. The molecule has 0 spiro atoms. The Morgan fingerprint density at radius 1 is 1.07 bits per heavy atom. The Morgan fingerprint density at radius 2 is 1.90 bits per heavy atom. The van der Waals surface area contributed by atoms with Gasteiger partial charge in [-0.05, 0) is 41.8 Å². The van der Waals surface area contributed by atoms with Crippen molar-refractivity contribution >= 4 is 51.9 Å². The molecule has 0 unspecified atom stereocenters. The SMILES string of the molecule is CC(=O)Nc1cccc(NC(=O)CSc2nnc3ccc(-c4cccs4)nn23)c1. The van der Waals surface area contributed by atoms with Crippen LogP contribution in [0, 0.1) is 0 Å². The third-order valence-electron chi connectivity index (χ3n) is 3.81. The summed E-state index contributed by atoms with van der Waals surface area (Å²) >= 11 is 2.86. The fraction of sp³-hybridized carbons (Fsp3) is 0.105. The zero-order valence-corrected chi connectivity index (χ0v) is 17.0. The number of hydrogen-bond acceptors (Lipinski definition) is 7. The number of carbonyl (C=O) groups excluding carboxylic acids is 2. The molecule has 0 aliphatic carbocycles. The second kappa shape index (κ2) is 8.41. The highest BCUT2D eigenvalue weighted by Crippen LogP contribution is 2.24. The van der Waals surface area contributed by atoms with Gasteiger partial charge in [0.25, 0.3) is 0 Å². The number of anilines is 2. The number of carbonyl (C=O) groups is 2. The molecule has 0 fully saturated rings. The summed E-state index contributed by atoms with van der Waals surface area (Å²) in [5.41, 5.74) is 2.67. The Morgan fingerprint density at radius 3 is 2.66 bits per heavy atom. The maximum Gasteiger partial charge on any atom is 0.234 e. The van der Waals surface area contributed by atoms with Crippen molar-refractivity contribution in [3.05, 3.63) is 53.9 Å². The number of benzene rings is 1. The molecule has 29 heavy (non-hydrogen) atoms. The van der Waals surface area contributed by atoms with Gasteiger partial charge in [0.05, 0.1) is 10.6 Å². The number of thioether (sulfide) groups is 1. The Bertz CT molecular complexity index is 1170. The molecule has 0 saturated carbocycles. The number of fused-ring (bicyclic) bond motifs is 1. The van der Waals surface area contributed by atoms with Crippen LogP contribution in [0.25, 0.3) is 16.2 Å². The quantitative estimate of drug-likeness (QED) is 0.459. The van der Waals surface area contributed by atoms with Crippen molar-refractivity contribution in [3.63, 3.8) is 0 Å². The van der Waals surface area contributed by atoms with E-state index < -0.39 is 0 Å². The van der Waals surface area contributed by atoms with E-state index in [0.717, 1.165) is 10.6 Å². The van der Waals surface area contributed by atoms with Crippen LogP contribution in [0.3, 0.4) is 0 Å². The topological polar surface area (TPSA) is 101 Å².